The van der Waals surface area contributed by atoms with Crippen molar-refractivity contribution in [2.24, 2.45) is 5.73 Å². The van der Waals surface area contributed by atoms with E-state index in [1.54, 1.807) is 0 Å². The lowest BCUT2D eigenvalue weighted by atomic mass is 9.96. The molecule has 4 heteroatoms. The molecule has 0 heterocycles. The van der Waals surface area contributed by atoms with Crippen molar-refractivity contribution in [1.29, 1.82) is 0 Å². The van der Waals surface area contributed by atoms with Gasteiger partial charge in [0.15, 0.2) is 0 Å². The van der Waals surface area contributed by atoms with E-state index in [0.29, 0.717) is 13.2 Å². The van der Waals surface area contributed by atoms with Crippen LogP contribution in [-0.2, 0) is 4.79 Å². The van der Waals surface area contributed by atoms with Gasteiger partial charge in [0, 0.05) is 5.92 Å². The zero-order valence-corrected chi connectivity index (χ0v) is 9.35. The predicted octanol–water partition coefficient (Wildman–Crippen LogP) is 1.60. The number of carboxylic acid groups (broad SMARTS) is 1. The number of rotatable bonds is 6. The molecule has 0 fully saturated rings. The monoisotopic (exact) mass is 223 g/mol. The molecule has 1 rings (SSSR count). The Morgan fingerprint density at radius 3 is 2.50 bits per heavy atom. The van der Waals surface area contributed by atoms with E-state index in [2.05, 4.69) is 0 Å². The molecule has 0 aliphatic heterocycles. The number of carboxylic acids is 1. The van der Waals surface area contributed by atoms with Gasteiger partial charge in [-0.05, 0) is 31.2 Å². The van der Waals surface area contributed by atoms with Crippen molar-refractivity contribution in [2.45, 2.75) is 19.3 Å². The molecule has 0 aliphatic rings. The van der Waals surface area contributed by atoms with Gasteiger partial charge in [0.1, 0.15) is 5.75 Å². The van der Waals surface area contributed by atoms with Crippen LogP contribution in [0.2, 0.25) is 0 Å². The minimum absolute atomic E-state index is 0.0600. The summed E-state index contributed by atoms with van der Waals surface area (Å²) in [7, 11) is 0. The second-order valence-corrected chi connectivity index (χ2v) is 3.53. The van der Waals surface area contributed by atoms with Crippen molar-refractivity contribution in [1.82, 2.24) is 0 Å². The van der Waals surface area contributed by atoms with Gasteiger partial charge >= 0.3 is 5.97 Å². The van der Waals surface area contributed by atoms with E-state index in [9.17, 15) is 4.79 Å². The molecule has 1 aromatic rings. The predicted molar refractivity (Wildman–Crippen MR) is 61.7 cm³/mol. The van der Waals surface area contributed by atoms with Gasteiger partial charge in [0.2, 0.25) is 0 Å². The summed E-state index contributed by atoms with van der Waals surface area (Å²) in [6.45, 7) is 2.87. The molecule has 0 bridgehead atoms. The van der Waals surface area contributed by atoms with Gasteiger partial charge in [-0.15, -0.1) is 0 Å². The highest BCUT2D eigenvalue weighted by molar-refractivity contribution is 5.68. The molecule has 0 aromatic heterocycles. The van der Waals surface area contributed by atoms with Crippen molar-refractivity contribution < 1.29 is 14.6 Å². The Bertz CT molecular complexity index is 335. The van der Waals surface area contributed by atoms with Crippen LogP contribution in [0.1, 0.15) is 24.8 Å². The zero-order valence-electron chi connectivity index (χ0n) is 9.35. The Labute approximate surface area is 95.0 Å². The van der Waals surface area contributed by atoms with E-state index in [0.717, 1.165) is 11.3 Å². The molecule has 3 N–H and O–H groups in total. The normalized spacial score (nSPS) is 12.1. The van der Waals surface area contributed by atoms with Crippen LogP contribution in [0.5, 0.6) is 5.75 Å². The summed E-state index contributed by atoms with van der Waals surface area (Å²) in [4.78, 5) is 10.6. The first-order valence-corrected chi connectivity index (χ1v) is 5.32. The van der Waals surface area contributed by atoms with Crippen LogP contribution in [0, 0.1) is 0 Å². The summed E-state index contributed by atoms with van der Waals surface area (Å²) in [5.74, 6) is -0.171. The summed E-state index contributed by atoms with van der Waals surface area (Å²) < 4.78 is 5.31. The van der Waals surface area contributed by atoms with E-state index < -0.39 is 5.97 Å². The van der Waals surface area contributed by atoms with Gasteiger partial charge in [-0.3, -0.25) is 4.79 Å². The summed E-state index contributed by atoms with van der Waals surface area (Å²) in [5, 5.41) is 8.73. The minimum atomic E-state index is -0.829. The molecule has 1 aromatic carbocycles. The standard InChI is InChI=1S/C12H17NO3/c1-2-16-11-5-3-9(4-6-11)10(8-13)7-12(14)15/h3-6,10H,2,7-8,13H2,1H3,(H,14,15)/t10-/m0/s1. The van der Waals surface area contributed by atoms with Crippen LogP contribution in [0.25, 0.3) is 0 Å². The van der Waals surface area contributed by atoms with E-state index in [4.69, 9.17) is 15.6 Å². The second-order valence-electron chi connectivity index (χ2n) is 3.53. The van der Waals surface area contributed by atoms with Crippen LogP contribution < -0.4 is 10.5 Å². The number of hydrogen-bond donors (Lipinski definition) is 2. The second kappa shape index (κ2) is 6.12. The third kappa shape index (κ3) is 3.55. The highest BCUT2D eigenvalue weighted by Crippen LogP contribution is 2.21. The van der Waals surface area contributed by atoms with E-state index in [-0.39, 0.29) is 12.3 Å². The quantitative estimate of drug-likeness (QED) is 0.768. The molecular weight excluding hydrogens is 206 g/mol. The Balaban J connectivity index is 2.73. The van der Waals surface area contributed by atoms with E-state index in [1.165, 1.54) is 0 Å². The Hall–Kier alpha value is -1.55. The van der Waals surface area contributed by atoms with Gasteiger partial charge in [-0.1, -0.05) is 12.1 Å². The number of nitrogens with two attached hydrogens (primary N) is 1. The zero-order chi connectivity index (χ0) is 12.0. The molecule has 0 spiro atoms. The first-order valence-electron chi connectivity index (χ1n) is 5.32. The Morgan fingerprint density at radius 1 is 1.44 bits per heavy atom. The molecule has 0 radical (unpaired) electrons. The van der Waals surface area contributed by atoms with Crippen molar-refractivity contribution >= 4 is 5.97 Å². The molecular formula is C12H17NO3. The van der Waals surface area contributed by atoms with Crippen molar-refractivity contribution in [3.05, 3.63) is 29.8 Å². The van der Waals surface area contributed by atoms with Crippen LogP contribution in [-0.4, -0.2) is 24.2 Å². The van der Waals surface area contributed by atoms with Gasteiger partial charge < -0.3 is 15.6 Å². The number of carbonyl (C=O) groups is 1. The number of hydrogen-bond acceptors (Lipinski definition) is 3. The summed E-state index contributed by atoms with van der Waals surface area (Å²) in [6, 6.07) is 7.41. The molecule has 88 valence electrons. The molecule has 0 amide bonds. The lowest BCUT2D eigenvalue weighted by Gasteiger charge is -2.13. The van der Waals surface area contributed by atoms with Crippen LogP contribution in [0.15, 0.2) is 24.3 Å². The SMILES string of the molecule is CCOc1ccc([C@H](CN)CC(=O)O)cc1. The number of ether oxygens (including phenoxy) is 1. The van der Waals surface area contributed by atoms with Crippen molar-refractivity contribution in [2.75, 3.05) is 13.2 Å². The highest BCUT2D eigenvalue weighted by Gasteiger charge is 2.13. The number of benzene rings is 1. The van der Waals surface area contributed by atoms with Gasteiger partial charge in [-0.25, -0.2) is 0 Å². The Morgan fingerprint density at radius 2 is 2.06 bits per heavy atom. The summed E-state index contributed by atoms with van der Waals surface area (Å²) in [5.41, 5.74) is 6.49. The van der Waals surface area contributed by atoms with Crippen molar-refractivity contribution in [3.63, 3.8) is 0 Å². The molecule has 0 aliphatic carbocycles. The lowest BCUT2D eigenvalue weighted by molar-refractivity contribution is -0.137. The molecule has 0 saturated heterocycles. The molecule has 0 saturated carbocycles. The van der Waals surface area contributed by atoms with E-state index >= 15 is 0 Å². The van der Waals surface area contributed by atoms with Gasteiger partial charge in [0.25, 0.3) is 0 Å². The first kappa shape index (κ1) is 12.5. The molecule has 0 unspecified atom stereocenters. The third-order valence-electron chi connectivity index (χ3n) is 2.37. The average Bonchev–Trinajstić information content (AvgIpc) is 2.27. The van der Waals surface area contributed by atoms with E-state index in [1.807, 2.05) is 31.2 Å². The maximum atomic E-state index is 10.6. The fourth-order valence-corrected chi connectivity index (χ4v) is 1.55. The molecule has 1 atom stereocenters. The summed E-state index contributed by atoms with van der Waals surface area (Å²) >= 11 is 0. The topological polar surface area (TPSA) is 72.5 Å². The maximum absolute atomic E-state index is 10.6. The third-order valence-corrected chi connectivity index (χ3v) is 2.37. The number of aliphatic carboxylic acids is 1. The smallest absolute Gasteiger partial charge is 0.304 e. The van der Waals surface area contributed by atoms with Crippen LogP contribution in [0.4, 0.5) is 0 Å². The lowest BCUT2D eigenvalue weighted by Crippen LogP contribution is -2.16. The molecule has 4 nitrogen and oxygen atoms in total. The van der Waals surface area contributed by atoms with Crippen LogP contribution in [0.3, 0.4) is 0 Å². The van der Waals surface area contributed by atoms with Crippen molar-refractivity contribution in [3.8, 4) is 5.75 Å². The first-order chi connectivity index (χ1) is 7.67. The van der Waals surface area contributed by atoms with Gasteiger partial charge in [-0.2, -0.15) is 0 Å². The largest absolute Gasteiger partial charge is 0.494 e. The Kier molecular flexibility index (Phi) is 4.79. The van der Waals surface area contributed by atoms with Gasteiger partial charge in [0.05, 0.1) is 13.0 Å². The summed E-state index contributed by atoms with van der Waals surface area (Å²) in [6.07, 6.45) is 0.0600. The maximum Gasteiger partial charge on any atom is 0.304 e. The molecule has 16 heavy (non-hydrogen) atoms. The fourth-order valence-electron chi connectivity index (χ4n) is 1.55. The fraction of sp³-hybridized carbons (Fsp3) is 0.417. The minimum Gasteiger partial charge on any atom is -0.494 e. The average molecular weight is 223 g/mol. The highest BCUT2D eigenvalue weighted by atomic mass is 16.5. The van der Waals surface area contributed by atoms with Crippen LogP contribution >= 0.6 is 0 Å².